The molecule has 0 aromatic heterocycles. The molecular weight excluding hydrogens is 235 g/mol. The molecule has 1 aromatic rings. The zero-order valence-corrected chi connectivity index (χ0v) is 8.70. The molecule has 3 nitrogen and oxygen atoms in total. The number of allylic oxidation sites excluding steroid dienone is 1. The summed E-state index contributed by atoms with van der Waals surface area (Å²) >= 11 is 0. The van der Waals surface area contributed by atoms with Crippen LogP contribution in [0.3, 0.4) is 0 Å². The molecule has 0 saturated heterocycles. The first-order chi connectivity index (χ1) is 7.92. The summed E-state index contributed by atoms with van der Waals surface area (Å²) in [4.78, 5) is 10.1. The number of aldehydes is 1. The number of benzene rings is 1. The van der Waals surface area contributed by atoms with Crippen molar-refractivity contribution >= 4 is 18.0 Å². The number of rotatable bonds is 4. The van der Waals surface area contributed by atoms with Crippen molar-refractivity contribution < 1.29 is 22.7 Å². The first-order valence-corrected chi connectivity index (χ1v) is 4.68. The number of carbonyl (C=O) groups excluding carboxylic acids is 1. The summed E-state index contributed by atoms with van der Waals surface area (Å²) in [5.41, 5.74) is 6.21. The molecule has 0 unspecified atom stereocenters. The topological polar surface area (TPSA) is 52.3 Å². The lowest BCUT2D eigenvalue weighted by atomic mass is 10.1. The lowest BCUT2D eigenvalue weighted by Gasteiger charge is -2.10. The van der Waals surface area contributed by atoms with Crippen LogP contribution in [0, 0.1) is 0 Å². The number of hydrogen-bond acceptors (Lipinski definition) is 3. The van der Waals surface area contributed by atoms with Crippen LogP contribution in [0.1, 0.15) is 12.0 Å². The van der Waals surface area contributed by atoms with Gasteiger partial charge in [-0.1, -0.05) is 12.2 Å². The fraction of sp³-hybridized carbons (Fsp3) is 0.182. The third-order valence-corrected chi connectivity index (χ3v) is 1.82. The Bertz CT molecular complexity index is 427. The van der Waals surface area contributed by atoms with Gasteiger partial charge in [0.05, 0.1) is 0 Å². The van der Waals surface area contributed by atoms with Gasteiger partial charge in [0.1, 0.15) is 12.0 Å². The van der Waals surface area contributed by atoms with E-state index in [1.54, 1.807) is 12.2 Å². The van der Waals surface area contributed by atoms with Crippen molar-refractivity contribution in [1.82, 2.24) is 0 Å². The van der Waals surface area contributed by atoms with Gasteiger partial charge in [-0.2, -0.15) is 0 Å². The Labute approximate surface area is 95.7 Å². The lowest BCUT2D eigenvalue weighted by Crippen LogP contribution is -2.17. The van der Waals surface area contributed by atoms with E-state index in [-0.39, 0.29) is 17.9 Å². The second kappa shape index (κ2) is 5.38. The van der Waals surface area contributed by atoms with Gasteiger partial charge in [-0.05, 0) is 17.7 Å². The minimum atomic E-state index is -4.73. The largest absolute Gasteiger partial charge is 0.573 e. The third-order valence-electron chi connectivity index (χ3n) is 1.82. The zero-order valence-electron chi connectivity index (χ0n) is 8.70. The molecule has 0 aliphatic heterocycles. The summed E-state index contributed by atoms with van der Waals surface area (Å²) in [7, 11) is 0. The fourth-order valence-corrected chi connectivity index (χ4v) is 1.15. The van der Waals surface area contributed by atoms with Gasteiger partial charge >= 0.3 is 6.36 Å². The van der Waals surface area contributed by atoms with Crippen molar-refractivity contribution in [2.45, 2.75) is 12.8 Å². The summed E-state index contributed by atoms with van der Waals surface area (Å²) < 4.78 is 39.4. The Kier molecular flexibility index (Phi) is 4.14. The highest BCUT2D eigenvalue weighted by atomic mass is 19.4. The van der Waals surface area contributed by atoms with Crippen LogP contribution in [0.2, 0.25) is 0 Å². The molecule has 92 valence electrons. The number of anilines is 1. The number of carbonyl (C=O) groups is 1. The summed E-state index contributed by atoms with van der Waals surface area (Å²) in [5, 5.41) is 0. The average Bonchev–Trinajstić information content (AvgIpc) is 2.19. The van der Waals surface area contributed by atoms with Crippen molar-refractivity contribution in [3.63, 3.8) is 0 Å². The number of nitrogen functional groups attached to an aromatic ring is 1. The van der Waals surface area contributed by atoms with Gasteiger partial charge in [0.25, 0.3) is 0 Å². The summed E-state index contributed by atoms with van der Waals surface area (Å²) in [6.45, 7) is 0. The van der Waals surface area contributed by atoms with Gasteiger partial charge in [-0.25, -0.2) is 0 Å². The van der Waals surface area contributed by atoms with E-state index < -0.39 is 6.36 Å². The molecule has 0 saturated carbocycles. The maximum absolute atomic E-state index is 11.9. The predicted octanol–water partition coefficient (Wildman–Crippen LogP) is 2.77. The molecule has 0 aliphatic carbocycles. The Morgan fingerprint density at radius 2 is 2.06 bits per heavy atom. The van der Waals surface area contributed by atoms with E-state index in [4.69, 9.17) is 5.73 Å². The highest BCUT2D eigenvalue weighted by molar-refractivity contribution is 5.67. The Balaban J connectivity index is 2.82. The number of nitrogens with two attached hydrogens (primary N) is 1. The van der Waals surface area contributed by atoms with E-state index in [1.807, 2.05) is 0 Å². The molecule has 0 radical (unpaired) electrons. The van der Waals surface area contributed by atoms with Crippen molar-refractivity contribution in [3.8, 4) is 5.75 Å². The van der Waals surface area contributed by atoms with Crippen molar-refractivity contribution in [1.29, 1.82) is 0 Å². The van der Waals surface area contributed by atoms with Crippen molar-refractivity contribution in [2.75, 3.05) is 5.73 Å². The fourth-order valence-electron chi connectivity index (χ4n) is 1.15. The minimum Gasteiger partial charge on any atom is -0.406 e. The van der Waals surface area contributed by atoms with Gasteiger partial charge in [0.2, 0.25) is 0 Å². The highest BCUT2D eigenvalue weighted by Crippen LogP contribution is 2.26. The van der Waals surface area contributed by atoms with Crippen LogP contribution < -0.4 is 10.5 Å². The Morgan fingerprint density at radius 1 is 1.35 bits per heavy atom. The first kappa shape index (κ1) is 13.1. The van der Waals surface area contributed by atoms with E-state index in [0.717, 1.165) is 12.1 Å². The lowest BCUT2D eigenvalue weighted by molar-refractivity contribution is -0.274. The summed E-state index contributed by atoms with van der Waals surface area (Å²) in [5.74, 6) is -0.373. The average molecular weight is 245 g/mol. The van der Waals surface area contributed by atoms with Gasteiger partial charge in [0.15, 0.2) is 0 Å². The monoisotopic (exact) mass is 245 g/mol. The molecule has 0 heterocycles. The third kappa shape index (κ3) is 4.58. The van der Waals surface area contributed by atoms with Gasteiger partial charge in [-0.3, -0.25) is 0 Å². The Hall–Kier alpha value is -1.98. The molecule has 0 fully saturated rings. The molecule has 1 rings (SSSR count). The Morgan fingerprint density at radius 3 is 2.59 bits per heavy atom. The molecule has 0 amide bonds. The number of halogens is 3. The summed E-state index contributed by atoms with van der Waals surface area (Å²) in [6.07, 6.45) is -0.695. The van der Waals surface area contributed by atoms with Crippen LogP contribution >= 0.6 is 0 Å². The molecule has 0 bridgehead atoms. The van der Waals surface area contributed by atoms with Crippen LogP contribution in [0.25, 0.3) is 6.08 Å². The maximum Gasteiger partial charge on any atom is 0.573 e. The molecule has 2 N–H and O–H groups in total. The van der Waals surface area contributed by atoms with Gasteiger partial charge in [-0.15, -0.1) is 13.2 Å². The smallest absolute Gasteiger partial charge is 0.406 e. The normalized spacial score (nSPS) is 11.7. The van der Waals surface area contributed by atoms with Crippen molar-refractivity contribution in [2.24, 2.45) is 0 Å². The molecule has 6 heteroatoms. The zero-order chi connectivity index (χ0) is 12.9. The van der Waals surface area contributed by atoms with E-state index in [1.165, 1.54) is 6.07 Å². The molecule has 17 heavy (non-hydrogen) atoms. The molecule has 1 aromatic carbocycles. The van der Waals surface area contributed by atoms with Crippen LogP contribution in [0.5, 0.6) is 5.75 Å². The van der Waals surface area contributed by atoms with E-state index in [0.29, 0.717) is 11.8 Å². The molecule has 0 spiro atoms. The second-order valence-electron chi connectivity index (χ2n) is 3.14. The SMILES string of the molecule is Nc1cc(OC(F)(F)F)ccc1C=CCC=O. The second-order valence-corrected chi connectivity index (χ2v) is 3.14. The van der Waals surface area contributed by atoms with Gasteiger partial charge < -0.3 is 15.3 Å². The number of hydrogen-bond donors (Lipinski definition) is 1. The number of ether oxygens (including phenoxy) is 1. The molecule has 0 aliphatic rings. The van der Waals surface area contributed by atoms with Crippen molar-refractivity contribution in [3.05, 3.63) is 29.8 Å². The standard InChI is InChI=1S/C11H10F3NO2/c12-11(13,14)17-9-5-4-8(10(15)7-9)3-1-2-6-16/h1,3-7H,2,15H2. The minimum absolute atomic E-state index is 0.147. The van der Waals surface area contributed by atoms with Crippen LogP contribution in [0.15, 0.2) is 24.3 Å². The van der Waals surface area contributed by atoms with E-state index in [9.17, 15) is 18.0 Å². The first-order valence-electron chi connectivity index (χ1n) is 4.68. The molecular formula is C11H10F3NO2. The highest BCUT2D eigenvalue weighted by Gasteiger charge is 2.31. The van der Waals surface area contributed by atoms with E-state index >= 15 is 0 Å². The molecule has 0 atom stereocenters. The van der Waals surface area contributed by atoms with E-state index in [2.05, 4.69) is 4.74 Å². The quantitative estimate of drug-likeness (QED) is 0.655. The number of alkyl halides is 3. The van der Waals surface area contributed by atoms with Crippen LogP contribution in [-0.2, 0) is 4.79 Å². The maximum atomic E-state index is 11.9. The van der Waals surface area contributed by atoms with Crippen LogP contribution in [-0.4, -0.2) is 12.6 Å². The van der Waals surface area contributed by atoms with Crippen LogP contribution in [0.4, 0.5) is 18.9 Å². The van der Waals surface area contributed by atoms with Gasteiger partial charge in [0, 0.05) is 18.2 Å². The summed E-state index contributed by atoms with van der Waals surface area (Å²) in [6, 6.07) is 3.62. The predicted molar refractivity (Wildman–Crippen MR) is 57.3 cm³/mol.